The Morgan fingerprint density at radius 2 is 1.57 bits per heavy atom. The minimum absolute atomic E-state index is 0.0556. The fourth-order valence-corrected chi connectivity index (χ4v) is 2.48. The number of hydrogen-bond acceptors (Lipinski definition) is 2. The second-order valence-corrected chi connectivity index (χ2v) is 5.83. The van der Waals surface area contributed by atoms with Gasteiger partial charge in [-0.05, 0) is 41.1 Å². The molecule has 4 heteroatoms. The molecule has 3 nitrogen and oxygen atoms in total. The number of anilines is 1. The van der Waals surface area contributed by atoms with Crippen LogP contribution in [0.15, 0.2) is 54.6 Å². The van der Waals surface area contributed by atoms with E-state index in [1.165, 1.54) is 0 Å². The van der Waals surface area contributed by atoms with Crippen LogP contribution < -0.4 is 5.32 Å². The van der Waals surface area contributed by atoms with Crippen molar-refractivity contribution < 1.29 is 9.59 Å². The van der Waals surface area contributed by atoms with Gasteiger partial charge in [0.2, 0.25) is 5.91 Å². The molecule has 2 aromatic carbocycles. The molecule has 0 aliphatic heterocycles. The highest BCUT2D eigenvalue weighted by Gasteiger charge is 2.08. The number of ketones is 1. The van der Waals surface area contributed by atoms with Gasteiger partial charge in [0.15, 0.2) is 5.78 Å². The number of amides is 1. The molecule has 0 aromatic heterocycles. The first kappa shape index (κ1) is 15.7. The lowest BCUT2D eigenvalue weighted by Crippen LogP contribution is -2.12. The highest BCUT2D eigenvalue weighted by atomic mass is 127. The van der Waals surface area contributed by atoms with E-state index < -0.39 is 0 Å². The Bertz CT molecular complexity index is 626. The van der Waals surface area contributed by atoms with Crippen LogP contribution in [0.1, 0.15) is 29.6 Å². The van der Waals surface area contributed by atoms with Gasteiger partial charge in [-0.15, -0.1) is 0 Å². The SMILES string of the molecule is O=C(CCCC(=O)c1ccccc1)Nc1ccccc1I. The lowest BCUT2D eigenvalue weighted by Gasteiger charge is -2.07. The van der Waals surface area contributed by atoms with Crippen molar-refractivity contribution in [3.05, 3.63) is 63.7 Å². The van der Waals surface area contributed by atoms with Crippen LogP contribution in [0.4, 0.5) is 5.69 Å². The molecule has 0 fully saturated rings. The smallest absolute Gasteiger partial charge is 0.224 e. The van der Waals surface area contributed by atoms with Gasteiger partial charge in [-0.3, -0.25) is 9.59 Å². The zero-order valence-corrected chi connectivity index (χ0v) is 13.7. The second kappa shape index (κ2) is 7.93. The Labute approximate surface area is 137 Å². The highest BCUT2D eigenvalue weighted by Crippen LogP contribution is 2.17. The summed E-state index contributed by atoms with van der Waals surface area (Å²) in [6.07, 6.45) is 1.30. The lowest BCUT2D eigenvalue weighted by atomic mass is 10.1. The van der Waals surface area contributed by atoms with Gasteiger partial charge in [0, 0.05) is 22.0 Å². The monoisotopic (exact) mass is 393 g/mol. The Morgan fingerprint density at radius 1 is 0.905 bits per heavy atom. The normalized spacial score (nSPS) is 10.1. The third-order valence-corrected chi connectivity index (χ3v) is 3.99. The first-order valence-electron chi connectivity index (χ1n) is 6.79. The molecule has 108 valence electrons. The van der Waals surface area contributed by atoms with Gasteiger partial charge in [0.1, 0.15) is 0 Å². The molecule has 2 rings (SSSR count). The quantitative estimate of drug-likeness (QED) is 0.588. The molecule has 0 aliphatic rings. The van der Waals surface area contributed by atoms with Crippen LogP contribution in [0.25, 0.3) is 0 Å². The van der Waals surface area contributed by atoms with E-state index in [1.807, 2.05) is 42.5 Å². The van der Waals surface area contributed by atoms with E-state index in [9.17, 15) is 9.59 Å². The molecular formula is C17H16INO2. The van der Waals surface area contributed by atoms with E-state index in [4.69, 9.17) is 0 Å². The van der Waals surface area contributed by atoms with Crippen molar-refractivity contribution in [2.75, 3.05) is 5.32 Å². The average Bonchev–Trinajstić information content (AvgIpc) is 2.50. The van der Waals surface area contributed by atoms with Crippen molar-refractivity contribution in [1.82, 2.24) is 0 Å². The van der Waals surface area contributed by atoms with Crippen LogP contribution in [0, 0.1) is 3.57 Å². The van der Waals surface area contributed by atoms with Crippen LogP contribution in [0.3, 0.4) is 0 Å². The van der Waals surface area contributed by atoms with Crippen LogP contribution in [-0.4, -0.2) is 11.7 Å². The largest absolute Gasteiger partial charge is 0.325 e. The molecule has 0 saturated carbocycles. The second-order valence-electron chi connectivity index (χ2n) is 4.67. The summed E-state index contributed by atoms with van der Waals surface area (Å²) in [5.74, 6) is 0.0256. The molecule has 0 saturated heterocycles. The summed E-state index contributed by atoms with van der Waals surface area (Å²) in [4.78, 5) is 23.8. The van der Waals surface area contributed by atoms with E-state index in [0.29, 0.717) is 24.8 Å². The van der Waals surface area contributed by atoms with Crippen molar-refractivity contribution in [2.45, 2.75) is 19.3 Å². The minimum atomic E-state index is -0.0556. The van der Waals surface area contributed by atoms with Crippen LogP contribution in [0.2, 0.25) is 0 Å². The summed E-state index contributed by atoms with van der Waals surface area (Å²) in [5, 5.41) is 2.87. The fourth-order valence-electron chi connectivity index (χ4n) is 1.95. The predicted molar refractivity (Wildman–Crippen MR) is 92.4 cm³/mol. The Hall–Kier alpha value is -1.69. The van der Waals surface area contributed by atoms with E-state index >= 15 is 0 Å². The third kappa shape index (κ3) is 4.97. The van der Waals surface area contributed by atoms with Crippen LogP contribution in [0.5, 0.6) is 0 Å². The van der Waals surface area contributed by atoms with Gasteiger partial charge in [0.25, 0.3) is 0 Å². The van der Waals surface area contributed by atoms with Crippen molar-refractivity contribution in [3.8, 4) is 0 Å². The zero-order chi connectivity index (χ0) is 15.1. The number of benzene rings is 2. The maximum absolute atomic E-state index is 11.9. The number of nitrogens with one attached hydrogen (secondary N) is 1. The number of carbonyl (C=O) groups is 2. The first-order chi connectivity index (χ1) is 10.2. The molecule has 2 aromatic rings. The highest BCUT2D eigenvalue weighted by molar-refractivity contribution is 14.1. The number of carbonyl (C=O) groups excluding carboxylic acids is 2. The Balaban J connectivity index is 1.77. The first-order valence-corrected chi connectivity index (χ1v) is 7.87. The maximum Gasteiger partial charge on any atom is 0.224 e. The Morgan fingerprint density at radius 3 is 2.29 bits per heavy atom. The molecule has 0 bridgehead atoms. The van der Waals surface area contributed by atoms with Gasteiger partial charge in [-0.2, -0.15) is 0 Å². The molecule has 0 spiro atoms. The van der Waals surface area contributed by atoms with Gasteiger partial charge in [-0.1, -0.05) is 42.5 Å². The number of halogens is 1. The molecule has 0 radical (unpaired) electrons. The molecule has 0 aliphatic carbocycles. The molecule has 0 atom stereocenters. The standard InChI is InChI=1S/C17H16INO2/c18-14-9-4-5-10-15(14)19-17(21)12-6-11-16(20)13-7-2-1-3-8-13/h1-5,7-10H,6,11-12H2,(H,19,21). The maximum atomic E-state index is 11.9. The van der Waals surface area contributed by atoms with Gasteiger partial charge >= 0.3 is 0 Å². The lowest BCUT2D eigenvalue weighted by molar-refractivity contribution is -0.116. The molecule has 21 heavy (non-hydrogen) atoms. The van der Waals surface area contributed by atoms with Crippen LogP contribution in [-0.2, 0) is 4.79 Å². The average molecular weight is 393 g/mol. The summed E-state index contributed by atoms with van der Waals surface area (Å²) < 4.78 is 1.00. The molecular weight excluding hydrogens is 377 g/mol. The summed E-state index contributed by atoms with van der Waals surface area (Å²) in [7, 11) is 0. The van der Waals surface area contributed by atoms with Crippen molar-refractivity contribution in [1.29, 1.82) is 0 Å². The zero-order valence-electron chi connectivity index (χ0n) is 11.5. The van der Waals surface area contributed by atoms with E-state index in [-0.39, 0.29) is 11.7 Å². The van der Waals surface area contributed by atoms with Gasteiger partial charge in [0.05, 0.1) is 5.69 Å². The number of rotatable bonds is 6. The van der Waals surface area contributed by atoms with E-state index in [2.05, 4.69) is 27.9 Å². The fraction of sp³-hybridized carbons (Fsp3) is 0.176. The van der Waals surface area contributed by atoms with E-state index in [0.717, 1.165) is 9.26 Å². The molecule has 1 N–H and O–H groups in total. The van der Waals surface area contributed by atoms with Gasteiger partial charge < -0.3 is 5.32 Å². The number of Topliss-reactive ketones (excluding diaryl/α,β-unsaturated/α-hetero) is 1. The van der Waals surface area contributed by atoms with Crippen molar-refractivity contribution >= 4 is 40.0 Å². The molecule has 1 amide bonds. The third-order valence-electron chi connectivity index (χ3n) is 3.05. The van der Waals surface area contributed by atoms with Crippen molar-refractivity contribution in [3.63, 3.8) is 0 Å². The van der Waals surface area contributed by atoms with Gasteiger partial charge in [-0.25, -0.2) is 0 Å². The molecule has 0 unspecified atom stereocenters. The minimum Gasteiger partial charge on any atom is -0.325 e. The topological polar surface area (TPSA) is 46.2 Å². The summed E-state index contributed by atoms with van der Waals surface area (Å²) in [6, 6.07) is 16.8. The summed E-state index contributed by atoms with van der Waals surface area (Å²) in [6.45, 7) is 0. The van der Waals surface area contributed by atoms with Crippen molar-refractivity contribution in [2.24, 2.45) is 0 Å². The summed E-state index contributed by atoms with van der Waals surface area (Å²) in [5.41, 5.74) is 1.52. The Kier molecular flexibility index (Phi) is 5.92. The number of hydrogen-bond donors (Lipinski definition) is 1. The number of para-hydroxylation sites is 1. The predicted octanol–water partition coefficient (Wildman–Crippen LogP) is 4.28. The van der Waals surface area contributed by atoms with E-state index in [1.54, 1.807) is 12.1 Å². The summed E-state index contributed by atoms with van der Waals surface area (Å²) >= 11 is 2.18. The molecule has 0 heterocycles. The van der Waals surface area contributed by atoms with Crippen LogP contribution >= 0.6 is 22.6 Å².